The van der Waals surface area contributed by atoms with E-state index in [1.54, 1.807) is 6.07 Å². The van der Waals surface area contributed by atoms with Crippen LogP contribution in [-0.4, -0.2) is 16.3 Å². The third-order valence-electron chi connectivity index (χ3n) is 4.15. The molecule has 0 saturated carbocycles. The van der Waals surface area contributed by atoms with Gasteiger partial charge < -0.3 is 5.32 Å². The van der Waals surface area contributed by atoms with Crippen LogP contribution in [0.15, 0.2) is 42.5 Å². The van der Waals surface area contributed by atoms with E-state index in [1.165, 1.54) is 12.1 Å². The molecule has 4 rings (SSSR count). The lowest BCUT2D eigenvalue weighted by molar-refractivity contribution is 0.628. The Labute approximate surface area is 138 Å². The molecule has 0 bridgehead atoms. The van der Waals surface area contributed by atoms with Crippen LogP contribution in [0.4, 0.5) is 10.2 Å². The second-order valence-corrected chi connectivity index (χ2v) is 6.14. The fourth-order valence-corrected chi connectivity index (χ4v) is 3.19. The molecule has 5 heteroatoms. The lowest BCUT2D eigenvalue weighted by atomic mass is 10.1. The van der Waals surface area contributed by atoms with Gasteiger partial charge >= 0.3 is 0 Å². The quantitative estimate of drug-likeness (QED) is 0.745. The number of aryl methyl sites for hydroxylation is 1. The number of aromatic nitrogens is 2. The summed E-state index contributed by atoms with van der Waals surface area (Å²) in [6.45, 7) is 2.88. The van der Waals surface area contributed by atoms with E-state index >= 15 is 0 Å². The van der Waals surface area contributed by atoms with E-state index in [2.05, 4.69) is 5.32 Å². The summed E-state index contributed by atoms with van der Waals surface area (Å²) in [6.07, 6.45) is 0.876. The zero-order chi connectivity index (χ0) is 16.0. The summed E-state index contributed by atoms with van der Waals surface area (Å²) in [4.78, 5) is 0. The Morgan fingerprint density at radius 3 is 2.91 bits per heavy atom. The zero-order valence-electron chi connectivity index (χ0n) is 12.6. The van der Waals surface area contributed by atoms with Crippen LogP contribution < -0.4 is 5.32 Å². The summed E-state index contributed by atoms with van der Waals surface area (Å²) >= 11 is 6.15. The van der Waals surface area contributed by atoms with Gasteiger partial charge in [-0.3, -0.25) is 0 Å². The fourth-order valence-electron chi connectivity index (χ4n) is 3.03. The van der Waals surface area contributed by atoms with Crippen molar-refractivity contribution in [1.82, 2.24) is 9.78 Å². The van der Waals surface area contributed by atoms with Crippen LogP contribution in [0.2, 0.25) is 5.02 Å². The molecule has 0 radical (unpaired) electrons. The van der Waals surface area contributed by atoms with Crippen LogP contribution in [0.1, 0.15) is 11.1 Å². The summed E-state index contributed by atoms with van der Waals surface area (Å²) in [5.74, 6) is 0.713. The number of rotatable bonds is 2. The number of anilines is 1. The number of hydrogen-bond donors (Lipinski definition) is 1. The van der Waals surface area contributed by atoms with Gasteiger partial charge in [-0.25, -0.2) is 9.07 Å². The monoisotopic (exact) mass is 327 g/mol. The number of hydrogen-bond acceptors (Lipinski definition) is 2. The molecule has 3 nitrogen and oxygen atoms in total. The molecular weight excluding hydrogens is 313 g/mol. The molecule has 0 saturated heterocycles. The molecule has 0 spiro atoms. The number of nitrogens with zero attached hydrogens (tertiary/aromatic N) is 2. The van der Waals surface area contributed by atoms with E-state index < -0.39 is 0 Å². The van der Waals surface area contributed by atoms with E-state index in [9.17, 15) is 4.39 Å². The normalized spacial score (nSPS) is 13.0. The van der Waals surface area contributed by atoms with Crippen LogP contribution >= 0.6 is 11.6 Å². The molecule has 23 heavy (non-hydrogen) atoms. The molecule has 1 aromatic heterocycles. The topological polar surface area (TPSA) is 29.9 Å². The minimum Gasteiger partial charge on any atom is -0.369 e. The van der Waals surface area contributed by atoms with Gasteiger partial charge in [0.05, 0.1) is 11.4 Å². The minimum absolute atomic E-state index is 0.254. The van der Waals surface area contributed by atoms with E-state index in [0.29, 0.717) is 5.02 Å². The van der Waals surface area contributed by atoms with Gasteiger partial charge in [0, 0.05) is 22.7 Å². The first-order valence-corrected chi connectivity index (χ1v) is 7.89. The van der Waals surface area contributed by atoms with Gasteiger partial charge in [0.2, 0.25) is 0 Å². The Bertz CT molecular complexity index is 901. The molecule has 1 aliphatic rings. The van der Waals surface area contributed by atoms with E-state index in [-0.39, 0.29) is 5.82 Å². The van der Waals surface area contributed by atoms with Crippen LogP contribution in [0, 0.1) is 12.7 Å². The molecule has 0 amide bonds. The minimum atomic E-state index is -0.254. The predicted octanol–water partition coefficient (Wildman–Crippen LogP) is 4.61. The molecule has 116 valence electrons. The molecule has 3 aromatic rings. The van der Waals surface area contributed by atoms with Crippen molar-refractivity contribution in [2.75, 3.05) is 11.9 Å². The van der Waals surface area contributed by atoms with Crippen LogP contribution in [-0.2, 0) is 6.42 Å². The van der Waals surface area contributed by atoms with Gasteiger partial charge in [0.25, 0.3) is 0 Å². The summed E-state index contributed by atoms with van der Waals surface area (Å²) in [7, 11) is 0. The standard InChI is InChI=1S/C18H15ClFN3/c1-11-5-6-13(19)10-16(11)23-18-15(7-8-21-18)17(22-23)12-3-2-4-14(20)9-12/h2-6,9-10,21H,7-8H2,1H3. The molecule has 2 heterocycles. The molecule has 0 unspecified atom stereocenters. The van der Waals surface area contributed by atoms with Gasteiger partial charge in [-0.15, -0.1) is 0 Å². The average molecular weight is 328 g/mol. The summed E-state index contributed by atoms with van der Waals surface area (Å²) in [5.41, 5.74) is 4.76. The van der Waals surface area contributed by atoms with E-state index in [0.717, 1.165) is 46.9 Å². The number of benzene rings is 2. The predicted molar refractivity (Wildman–Crippen MR) is 90.9 cm³/mol. The third-order valence-corrected chi connectivity index (χ3v) is 4.38. The van der Waals surface area contributed by atoms with Gasteiger partial charge in [-0.05, 0) is 43.2 Å². The van der Waals surface area contributed by atoms with Crippen LogP contribution in [0.3, 0.4) is 0 Å². The lowest BCUT2D eigenvalue weighted by Gasteiger charge is -2.10. The number of nitrogens with one attached hydrogen (secondary N) is 1. The van der Waals surface area contributed by atoms with Crippen molar-refractivity contribution in [3.8, 4) is 16.9 Å². The first kappa shape index (κ1) is 14.3. The third kappa shape index (κ3) is 2.39. The van der Waals surface area contributed by atoms with Crippen LogP contribution in [0.5, 0.6) is 0 Å². The van der Waals surface area contributed by atoms with Crippen molar-refractivity contribution < 1.29 is 4.39 Å². The Balaban J connectivity index is 1.93. The van der Waals surface area contributed by atoms with E-state index in [4.69, 9.17) is 16.7 Å². The van der Waals surface area contributed by atoms with E-state index in [1.807, 2.05) is 35.9 Å². The second kappa shape index (κ2) is 5.39. The van der Waals surface area contributed by atoms with Gasteiger partial charge in [-0.2, -0.15) is 5.10 Å². The van der Waals surface area contributed by atoms with Gasteiger partial charge in [-0.1, -0.05) is 29.8 Å². The van der Waals surface area contributed by atoms with Crippen molar-refractivity contribution >= 4 is 17.4 Å². The Morgan fingerprint density at radius 1 is 1.22 bits per heavy atom. The van der Waals surface area contributed by atoms with Crippen molar-refractivity contribution in [3.63, 3.8) is 0 Å². The smallest absolute Gasteiger partial charge is 0.133 e. The molecule has 2 aromatic carbocycles. The number of fused-ring (bicyclic) bond motifs is 1. The Morgan fingerprint density at radius 2 is 2.09 bits per heavy atom. The first-order valence-electron chi connectivity index (χ1n) is 7.52. The maximum absolute atomic E-state index is 13.6. The Hall–Kier alpha value is -2.33. The molecular formula is C18H15ClFN3. The molecule has 1 N–H and O–H groups in total. The molecule has 0 atom stereocenters. The zero-order valence-corrected chi connectivity index (χ0v) is 13.4. The number of halogens is 2. The highest BCUT2D eigenvalue weighted by Gasteiger charge is 2.24. The van der Waals surface area contributed by atoms with Gasteiger partial charge in [0.1, 0.15) is 11.6 Å². The van der Waals surface area contributed by atoms with Crippen molar-refractivity contribution in [1.29, 1.82) is 0 Å². The first-order chi connectivity index (χ1) is 11.1. The average Bonchev–Trinajstić information content (AvgIpc) is 3.12. The van der Waals surface area contributed by atoms with Crippen LogP contribution in [0.25, 0.3) is 16.9 Å². The Kier molecular flexibility index (Phi) is 3.34. The van der Waals surface area contributed by atoms with Crippen molar-refractivity contribution in [3.05, 3.63) is 64.4 Å². The SMILES string of the molecule is Cc1ccc(Cl)cc1-n1nc(-c2cccc(F)c2)c2c1NCC2. The molecule has 0 fully saturated rings. The maximum Gasteiger partial charge on any atom is 0.133 e. The van der Waals surface area contributed by atoms with Crippen molar-refractivity contribution in [2.45, 2.75) is 13.3 Å². The summed E-state index contributed by atoms with van der Waals surface area (Å²) in [5, 5.41) is 8.79. The summed E-state index contributed by atoms with van der Waals surface area (Å²) < 4.78 is 15.5. The highest BCUT2D eigenvalue weighted by molar-refractivity contribution is 6.30. The second-order valence-electron chi connectivity index (χ2n) is 5.71. The largest absolute Gasteiger partial charge is 0.369 e. The molecule has 0 aliphatic carbocycles. The van der Waals surface area contributed by atoms with Gasteiger partial charge in [0.15, 0.2) is 0 Å². The highest BCUT2D eigenvalue weighted by Crippen LogP contribution is 2.35. The lowest BCUT2D eigenvalue weighted by Crippen LogP contribution is -2.05. The fraction of sp³-hybridized carbons (Fsp3) is 0.167. The summed E-state index contributed by atoms with van der Waals surface area (Å²) in [6, 6.07) is 12.3. The van der Waals surface area contributed by atoms with Crippen molar-refractivity contribution in [2.24, 2.45) is 0 Å². The highest BCUT2D eigenvalue weighted by atomic mass is 35.5. The maximum atomic E-state index is 13.6. The molecule has 1 aliphatic heterocycles.